The lowest BCUT2D eigenvalue weighted by Crippen LogP contribution is -2.40. The summed E-state index contributed by atoms with van der Waals surface area (Å²) in [5.74, 6) is 0.152. The third kappa shape index (κ3) is 4.10. The minimum atomic E-state index is -0.467. The number of benzene rings is 2. The lowest BCUT2D eigenvalue weighted by atomic mass is 10.1. The number of rotatable bonds is 3. The number of carbonyl (C=O) groups excluding carboxylic acids is 2. The van der Waals surface area contributed by atoms with Crippen LogP contribution in [-0.2, 0) is 4.79 Å². The van der Waals surface area contributed by atoms with E-state index in [9.17, 15) is 9.59 Å². The molecule has 0 aromatic heterocycles. The third-order valence-corrected chi connectivity index (χ3v) is 3.96. The van der Waals surface area contributed by atoms with Gasteiger partial charge in [0, 0.05) is 16.7 Å². The highest BCUT2D eigenvalue weighted by Crippen LogP contribution is 2.32. The molecule has 1 aliphatic heterocycles. The Bertz CT molecular complexity index is 864. The van der Waals surface area contributed by atoms with Crippen LogP contribution in [0.5, 0.6) is 11.5 Å². The number of ether oxygens (including phenoxy) is 2. The predicted octanol–water partition coefficient (Wildman–Crippen LogP) is 2.85. The summed E-state index contributed by atoms with van der Waals surface area (Å²) in [4.78, 5) is 23.8. The van der Waals surface area contributed by atoms with Crippen molar-refractivity contribution in [1.82, 2.24) is 10.9 Å². The van der Waals surface area contributed by atoms with Crippen LogP contribution in [0.25, 0.3) is 6.08 Å². The monoisotopic (exact) mass is 358 g/mol. The molecule has 25 heavy (non-hydrogen) atoms. The van der Waals surface area contributed by atoms with Gasteiger partial charge in [-0.05, 0) is 48.4 Å². The quantitative estimate of drug-likeness (QED) is 0.653. The topological polar surface area (TPSA) is 76.7 Å². The first-order valence-corrected chi connectivity index (χ1v) is 7.85. The number of carbonyl (C=O) groups is 2. The molecule has 1 aliphatic rings. The number of nitrogens with one attached hydrogen (secondary N) is 2. The highest BCUT2D eigenvalue weighted by Gasteiger charge is 2.16. The first-order valence-electron chi connectivity index (χ1n) is 7.47. The SMILES string of the molecule is Cc1ccc(/C=C/C(=O)NNC(=O)c2ccc3c(c2)OCO3)cc1Cl. The molecule has 0 aliphatic carbocycles. The van der Waals surface area contributed by atoms with Crippen molar-refractivity contribution < 1.29 is 19.1 Å². The number of aryl methyl sites for hydroxylation is 1. The minimum Gasteiger partial charge on any atom is -0.454 e. The average molecular weight is 359 g/mol. The van der Waals surface area contributed by atoms with Crippen LogP contribution in [0.1, 0.15) is 21.5 Å². The molecule has 0 radical (unpaired) electrons. The highest BCUT2D eigenvalue weighted by molar-refractivity contribution is 6.31. The summed E-state index contributed by atoms with van der Waals surface area (Å²) in [7, 11) is 0. The molecule has 0 bridgehead atoms. The average Bonchev–Trinajstić information content (AvgIpc) is 3.08. The van der Waals surface area contributed by atoms with Crippen molar-refractivity contribution in [2.75, 3.05) is 6.79 Å². The molecule has 6 nitrogen and oxygen atoms in total. The Labute approximate surface area is 149 Å². The fraction of sp³-hybridized carbons (Fsp3) is 0.111. The molecule has 1 heterocycles. The first kappa shape index (κ1) is 16.9. The summed E-state index contributed by atoms with van der Waals surface area (Å²) in [6.45, 7) is 2.03. The van der Waals surface area contributed by atoms with E-state index < -0.39 is 11.8 Å². The van der Waals surface area contributed by atoms with E-state index in [1.807, 2.05) is 19.1 Å². The van der Waals surface area contributed by atoms with Gasteiger partial charge in [-0.2, -0.15) is 0 Å². The van der Waals surface area contributed by atoms with Crippen LogP contribution in [0, 0.1) is 6.92 Å². The molecular weight excluding hydrogens is 344 g/mol. The molecule has 0 unspecified atom stereocenters. The third-order valence-electron chi connectivity index (χ3n) is 3.56. The standard InChI is InChI=1S/C18H15ClN2O4/c1-11-2-3-12(8-14(11)19)4-7-17(22)20-21-18(23)13-5-6-15-16(9-13)25-10-24-15/h2-9H,10H2,1H3,(H,20,22)(H,21,23)/b7-4+. The fourth-order valence-corrected chi connectivity index (χ4v) is 2.34. The molecule has 0 saturated carbocycles. The molecule has 7 heteroatoms. The molecule has 2 N–H and O–H groups in total. The van der Waals surface area contributed by atoms with E-state index in [0.717, 1.165) is 11.1 Å². The van der Waals surface area contributed by atoms with Crippen molar-refractivity contribution in [3.05, 3.63) is 64.2 Å². The van der Waals surface area contributed by atoms with Crippen molar-refractivity contribution in [3.63, 3.8) is 0 Å². The molecule has 2 aromatic rings. The zero-order chi connectivity index (χ0) is 17.8. The minimum absolute atomic E-state index is 0.130. The van der Waals surface area contributed by atoms with Crippen molar-refractivity contribution in [2.45, 2.75) is 6.92 Å². The number of hydrogen-bond donors (Lipinski definition) is 2. The molecule has 0 fully saturated rings. The second-order valence-corrected chi connectivity index (χ2v) is 5.76. The number of hydrazine groups is 1. The Kier molecular flexibility index (Phi) is 4.90. The van der Waals surface area contributed by atoms with Gasteiger partial charge in [0.2, 0.25) is 6.79 Å². The number of halogens is 1. The van der Waals surface area contributed by atoms with Gasteiger partial charge in [-0.15, -0.1) is 0 Å². The smallest absolute Gasteiger partial charge is 0.269 e. The molecule has 0 spiro atoms. The van der Waals surface area contributed by atoms with E-state index in [2.05, 4.69) is 10.9 Å². The lowest BCUT2D eigenvalue weighted by Gasteiger charge is -2.06. The predicted molar refractivity (Wildman–Crippen MR) is 93.4 cm³/mol. The largest absolute Gasteiger partial charge is 0.454 e. The van der Waals surface area contributed by atoms with Crippen LogP contribution in [0.2, 0.25) is 5.02 Å². The molecule has 2 amide bonds. The normalized spacial score (nSPS) is 12.2. The van der Waals surface area contributed by atoms with Crippen LogP contribution >= 0.6 is 11.6 Å². The number of fused-ring (bicyclic) bond motifs is 1. The van der Waals surface area contributed by atoms with Crippen LogP contribution < -0.4 is 20.3 Å². The second kappa shape index (κ2) is 7.27. The Morgan fingerprint density at radius 1 is 1.08 bits per heavy atom. The van der Waals surface area contributed by atoms with E-state index in [0.29, 0.717) is 22.1 Å². The van der Waals surface area contributed by atoms with Gasteiger partial charge in [-0.25, -0.2) is 0 Å². The van der Waals surface area contributed by atoms with Crippen LogP contribution in [-0.4, -0.2) is 18.6 Å². The zero-order valence-corrected chi connectivity index (χ0v) is 14.1. The summed E-state index contributed by atoms with van der Waals surface area (Å²) in [5, 5.41) is 0.624. The molecule has 2 aromatic carbocycles. The van der Waals surface area contributed by atoms with Gasteiger partial charge in [-0.3, -0.25) is 20.4 Å². The summed E-state index contributed by atoms with van der Waals surface area (Å²) in [5.41, 5.74) is 6.74. The van der Waals surface area contributed by atoms with Crippen molar-refractivity contribution in [2.24, 2.45) is 0 Å². The van der Waals surface area contributed by atoms with Crippen molar-refractivity contribution >= 4 is 29.5 Å². The van der Waals surface area contributed by atoms with E-state index in [-0.39, 0.29) is 6.79 Å². The molecule has 0 atom stereocenters. The maximum Gasteiger partial charge on any atom is 0.269 e. The van der Waals surface area contributed by atoms with Crippen LogP contribution in [0.15, 0.2) is 42.5 Å². The van der Waals surface area contributed by atoms with Gasteiger partial charge in [0.05, 0.1) is 0 Å². The van der Waals surface area contributed by atoms with Crippen LogP contribution in [0.4, 0.5) is 0 Å². The van der Waals surface area contributed by atoms with Gasteiger partial charge >= 0.3 is 0 Å². The van der Waals surface area contributed by atoms with Gasteiger partial charge in [0.15, 0.2) is 11.5 Å². The maximum absolute atomic E-state index is 12.0. The molecule has 3 rings (SSSR count). The van der Waals surface area contributed by atoms with Gasteiger partial charge in [0.25, 0.3) is 11.8 Å². The Balaban J connectivity index is 1.55. The van der Waals surface area contributed by atoms with Crippen LogP contribution in [0.3, 0.4) is 0 Å². The van der Waals surface area contributed by atoms with E-state index in [4.69, 9.17) is 21.1 Å². The molecule has 128 valence electrons. The number of amides is 2. The Morgan fingerprint density at radius 2 is 1.88 bits per heavy atom. The van der Waals surface area contributed by atoms with Crippen molar-refractivity contribution in [1.29, 1.82) is 0 Å². The van der Waals surface area contributed by atoms with E-state index in [1.54, 1.807) is 30.3 Å². The summed E-state index contributed by atoms with van der Waals surface area (Å²) < 4.78 is 10.4. The summed E-state index contributed by atoms with van der Waals surface area (Å²) >= 11 is 6.03. The van der Waals surface area contributed by atoms with Gasteiger partial charge < -0.3 is 9.47 Å². The first-order chi connectivity index (χ1) is 12.0. The number of hydrogen-bond acceptors (Lipinski definition) is 4. The summed E-state index contributed by atoms with van der Waals surface area (Å²) in [6, 6.07) is 10.2. The van der Waals surface area contributed by atoms with E-state index >= 15 is 0 Å². The van der Waals surface area contributed by atoms with E-state index in [1.165, 1.54) is 6.08 Å². The Morgan fingerprint density at radius 3 is 2.68 bits per heavy atom. The zero-order valence-electron chi connectivity index (χ0n) is 13.3. The van der Waals surface area contributed by atoms with Gasteiger partial charge in [0.1, 0.15) is 0 Å². The fourth-order valence-electron chi connectivity index (χ4n) is 2.15. The van der Waals surface area contributed by atoms with Crippen molar-refractivity contribution in [3.8, 4) is 11.5 Å². The maximum atomic E-state index is 12.0. The Hall–Kier alpha value is -2.99. The lowest BCUT2D eigenvalue weighted by molar-refractivity contribution is -0.117. The molecule has 0 saturated heterocycles. The van der Waals surface area contributed by atoms with Gasteiger partial charge in [-0.1, -0.05) is 23.7 Å². The summed E-state index contributed by atoms with van der Waals surface area (Å²) in [6.07, 6.45) is 2.91. The second-order valence-electron chi connectivity index (χ2n) is 5.35. The highest BCUT2D eigenvalue weighted by atomic mass is 35.5. The molecular formula is C18H15ClN2O4.